The van der Waals surface area contributed by atoms with E-state index in [2.05, 4.69) is 4.90 Å². The first kappa shape index (κ1) is 12.8. The van der Waals surface area contributed by atoms with Crippen molar-refractivity contribution >= 4 is 0 Å². The van der Waals surface area contributed by atoms with Gasteiger partial charge in [-0.3, -0.25) is 0 Å². The molecule has 0 aliphatic rings. The van der Waals surface area contributed by atoms with Gasteiger partial charge in [-0.25, -0.2) is 0 Å². The predicted molar refractivity (Wildman–Crippen MR) is 65.0 cm³/mol. The zero-order valence-electron chi connectivity index (χ0n) is 10.4. The molecule has 2 N–H and O–H groups in total. The van der Waals surface area contributed by atoms with E-state index in [9.17, 15) is 0 Å². The molecule has 1 aromatic rings. The topological polar surface area (TPSA) is 47.7 Å². The van der Waals surface area contributed by atoms with Gasteiger partial charge in [0, 0.05) is 18.7 Å². The van der Waals surface area contributed by atoms with Crippen molar-refractivity contribution < 1.29 is 9.47 Å². The van der Waals surface area contributed by atoms with E-state index in [0.29, 0.717) is 6.54 Å². The van der Waals surface area contributed by atoms with Crippen LogP contribution in [0.4, 0.5) is 0 Å². The SMILES string of the molecule is COc1cc(OC)cc([C@H](CN)N(C)C)c1. The molecule has 0 fully saturated rings. The first-order valence-electron chi connectivity index (χ1n) is 5.21. The molecule has 0 radical (unpaired) electrons. The van der Waals surface area contributed by atoms with Gasteiger partial charge in [0.15, 0.2) is 0 Å². The van der Waals surface area contributed by atoms with Crippen LogP contribution in [0.1, 0.15) is 11.6 Å². The van der Waals surface area contributed by atoms with E-state index in [1.807, 2.05) is 32.3 Å². The van der Waals surface area contributed by atoms with Crippen LogP contribution in [-0.2, 0) is 0 Å². The average molecular weight is 224 g/mol. The third kappa shape index (κ3) is 2.87. The average Bonchev–Trinajstić information content (AvgIpc) is 2.29. The molecule has 0 aliphatic carbocycles. The Morgan fingerprint density at radius 3 is 1.94 bits per heavy atom. The molecule has 1 rings (SSSR count). The lowest BCUT2D eigenvalue weighted by atomic mass is 10.1. The van der Waals surface area contributed by atoms with Crippen LogP contribution in [-0.4, -0.2) is 39.8 Å². The maximum atomic E-state index is 5.77. The van der Waals surface area contributed by atoms with Gasteiger partial charge >= 0.3 is 0 Å². The van der Waals surface area contributed by atoms with Crippen LogP contribution in [0.15, 0.2) is 18.2 Å². The maximum Gasteiger partial charge on any atom is 0.122 e. The van der Waals surface area contributed by atoms with Gasteiger partial charge in [0.1, 0.15) is 11.5 Å². The summed E-state index contributed by atoms with van der Waals surface area (Å²) in [5.41, 5.74) is 6.87. The van der Waals surface area contributed by atoms with Crippen LogP contribution in [0, 0.1) is 0 Å². The van der Waals surface area contributed by atoms with Gasteiger partial charge in [0.05, 0.1) is 14.2 Å². The Kier molecular flexibility index (Phi) is 4.58. The molecule has 90 valence electrons. The number of ether oxygens (including phenoxy) is 2. The summed E-state index contributed by atoms with van der Waals surface area (Å²) in [6.07, 6.45) is 0. The molecule has 0 unspecified atom stereocenters. The standard InChI is InChI=1S/C12H20N2O2/c1-14(2)12(8-13)9-5-10(15-3)7-11(6-9)16-4/h5-7,12H,8,13H2,1-4H3/t12-/m0/s1. The monoisotopic (exact) mass is 224 g/mol. The molecule has 0 bridgehead atoms. The Hall–Kier alpha value is -1.26. The summed E-state index contributed by atoms with van der Waals surface area (Å²) in [6, 6.07) is 6.00. The van der Waals surface area contributed by atoms with E-state index in [1.54, 1.807) is 14.2 Å². The fourth-order valence-electron chi connectivity index (χ4n) is 1.67. The molecule has 0 heterocycles. The molecular weight excluding hydrogens is 204 g/mol. The number of hydrogen-bond acceptors (Lipinski definition) is 4. The van der Waals surface area contributed by atoms with Crippen LogP contribution in [0.2, 0.25) is 0 Å². The van der Waals surface area contributed by atoms with Gasteiger partial charge in [0.25, 0.3) is 0 Å². The van der Waals surface area contributed by atoms with Crippen molar-refractivity contribution in [2.24, 2.45) is 5.73 Å². The molecule has 1 atom stereocenters. The lowest BCUT2D eigenvalue weighted by Crippen LogP contribution is -2.27. The minimum Gasteiger partial charge on any atom is -0.497 e. The number of likely N-dealkylation sites (N-methyl/N-ethyl adjacent to an activating group) is 1. The third-order valence-corrected chi connectivity index (χ3v) is 2.61. The van der Waals surface area contributed by atoms with E-state index in [-0.39, 0.29) is 6.04 Å². The predicted octanol–water partition coefficient (Wildman–Crippen LogP) is 1.27. The van der Waals surface area contributed by atoms with E-state index < -0.39 is 0 Å². The molecule has 0 saturated carbocycles. The molecule has 0 aromatic heterocycles. The largest absolute Gasteiger partial charge is 0.497 e. The summed E-state index contributed by atoms with van der Waals surface area (Å²) in [5.74, 6) is 1.57. The van der Waals surface area contributed by atoms with Crippen molar-refractivity contribution in [2.45, 2.75) is 6.04 Å². The van der Waals surface area contributed by atoms with E-state index in [1.165, 1.54) is 0 Å². The van der Waals surface area contributed by atoms with E-state index >= 15 is 0 Å². The fraction of sp³-hybridized carbons (Fsp3) is 0.500. The van der Waals surface area contributed by atoms with Gasteiger partial charge in [-0.2, -0.15) is 0 Å². The van der Waals surface area contributed by atoms with Gasteiger partial charge in [-0.15, -0.1) is 0 Å². The first-order chi connectivity index (χ1) is 7.62. The normalized spacial score (nSPS) is 12.6. The highest BCUT2D eigenvalue weighted by Crippen LogP contribution is 2.27. The summed E-state index contributed by atoms with van der Waals surface area (Å²) in [7, 11) is 7.30. The Bertz CT molecular complexity index is 318. The minimum absolute atomic E-state index is 0.170. The molecule has 4 heteroatoms. The van der Waals surface area contributed by atoms with Crippen LogP contribution in [0.25, 0.3) is 0 Å². The van der Waals surface area contributed by atoms with Gasteiger partial charge in [-0.05, 0) is 31.8 Å². The van der Waals surface area contributed by atoms with Crippen molar-refractivity contribution in [1.29, 1.82) is 0 Å². The molecular formula is C12H20N2O2. The quantitative estimate of drug-likeness (QED) is 0.818. The third-order valence-electron chi connectivity index (χ3n) is 2.61. The van der Waals surface area contributed by atoms with E-state index in [0.717, 1.165) is 17.1 Å². The highest BCUT2D eigenvalue weighted by molar-refractivity contribution is 5.39. The van der Waals surface area contributed by atoms with Crippen LogP contribution >= 0.6 is 0 Å². The number of nitrogens with zero attached hydrogens (tertiary/aromatic N) is 1. The van der Waals surface area contributed by atoms with Crippen molar-refractivity contribution in [3.8, 4) is 11.5 Å². The van der Waals surface area contributed by atoms with Crippen molar-refractivity contribution in [3.05, 3.63) is 23.8 Å². The van der Waals surface area contributed by atoms with Crippen LogP contribution in [0.3, 0.4) is 0 Å². The molecule has 4 nitrogen and oxygen atoms in total. The second-order valence-electron chi connectivity index (χ2n) is 3.86. The number of benzene rings is 1. The smallest absolute Gasteiger partial charge is 0.122 e. The Morgan fingerprint density at radius 2 is 1.62 bits per heavy atom. The highest BCUT2D eigenvalue weighted by Gasteiger charge is 2.14. The number of nitrogens with two attached hydrogens (primary N) is 1. The Morgan fingerprint density at radius 1 is 1.12 bits per heavy atom. The van der Waals surface area contributed by atoms with Crippen molar-refractivity contribution in [3.63, 3.8) is 0 Å². The zero-order chi connectivity index (χ0) is 12.1. The second kappa shape index (κ2) is 5.72. The minimum atomic E-state index is 0.170. The highest BCUT2D eigenvalue weighted by atomic mass is 16.5. The maximum absolute atomic E-state index is 5.77. The lowest BCUT2D eigenvalue weighted by Gasteiger charge is -2.23. The van der Waals surface area contributed by atoms with Crippen molar-refractivity contribution in [1.82, 2.24) is 4.90 Å². The Balaban J connectivity index is 3.10. The Labute approximate surface area is 96.9 Å². The zero-order valence-corrected chi connectivity index (χ0v) is 10.4. The summed E-state index contributed by atoms with van der Waals surface area (Å²) >= 11 is 0. The summed E-state index contributed by atoms with van der Waals surface area (Å²) in [4.78, 5) is 2.08. The molecule has 0 amide bonds. The summed E-state index contributed by atoms with van der Waals surface area (Å²) in [6.45, 7) is 0.559. The second-order valence-corrected chi connectivity index (χ2v) is 3.86. The first-order valence-corrected chi connectivity index (χ1v) is 5.21. The number of methoxy groups -OCH3 is 2. The molecule has 16 heavy (non-hydrogen) atoms. The molecule has 0 saturated heterocycles. The summed E-state index contributed by atoms with van der Waals surface area (Å²) < 4.78 is 10.5. The molecule has 0 spiro atoms. The fourth-order valence-corrected chi connectivity index (χ4v) is 1.67. The van der Waals surface area contributed by atoms with Crippen LogP contribution < -0.4 is 15.2 Å². The molecule has 1 aromatic carbocycles. The van der Waals surface area contributed by atoms with Gasteiger partial charge in [0.2, 0.25) is 0 Å². The lowest BCUT2D eigenvalue weighted by molar-refractivity contribution is 0.303. The van der Waals surface area contributed by atoms with Crippen LogP contribution in [0.5, 0.6) is 11.5 Å². The molecule has 0 aliphatic heterocycles. The van der Waals surface area contributed by atoms with Gasteiger partial charge in [-0.1, -0.05) is 0 Å². The number of rotatable bonds is 5. The van der Waals surface area contributed by atoms with Gasteiger partial charge < -0.3 is 20.1 Å². The van der Waals surface area contributed by atoms with Crippen molar-refractivity contribution in [2.75, 3.05) is 34.9 Å². The number of hydrogen-bond donors (Lipinski definition) is 1. The van der Waals surface area contributed by atoms with E-state index in [4.69, 9.17) is 15.2 Å². The summed E-state index contributed by atoms with van der Waals surface area (Å²) in [5, 5.41) is 0.